The third-order valence-electron chi connectivity index (χ3n) is 2.39. The van der Waals surface area contributed by atoms with E-state index >= 15 is 0 Å². The molecular weight excluding hydrogens is 230 g/mol. The summed E-state index contributed by atoms with van der Waals surface area (Å²) in [5.41, 5.74) is 6.15. The fourth-order valence-corrected chi connectivity index (χ4v) is 1.44. The SMILES string of the molecule is NC(=O)c1ccc(Oc2ccc(C=O)cc2)cc1. The molecule has 0 atom stereocenters. The Morgan fingerprint density at radius 1 is 0.944 bits per heavy atom. The quantitative estimate of drug-likeness (QED) is 0.835. The second-order valence-corrected chi connectivity index (χ2v) is 3.68. The van der Waals surface area contributed by atoms with Crippen LogP contribution in [-0.2, 0) is 0 Å². The van der Waals surface area contributed by atoms with Crippen molar-refractivity contribution in [2.45, 2.75) is 0 Å². The zero-order valence-corrected chi connectivity index (χ0v) is 9.50. The monoisotopic (exact) mass is 241 g/mol. The van der Waals surface area contributed by atoms with Crippen molar-refractivity contribution in [3.8, 4) is 11.5 Å². The highest BCUT2D eigenvalue weighted by Crippen LogP contribution is 2.21. The number of hydrogen-bond donors (Lipinski definition) is 1. The van der Waals surface area contributed by atoms with Crippen molar-refractivity contribution >= 4 is 12.2 Å². The summed E-state index contributed by atoms with van der Waals surface area (Å²) in [5.74, 6) is 0.739. The summed E-state index contributed by atoms with van der Waals surface area (Å²) in [7, 11) is 0. The maximum atomic E-state index is 10.9. The van der Waals surface area contributed by atoms with Gasteiger partial charge < -0.3 is 10.5 Å². The van der Waals surface area contributed by atoms with E-state index in [-0.39, 0.29) is 0 Å². The van der Waals surface area contributed by atoms with Gasteiger partial charge in [-0.1, -0.05) is 0 Å². The van der Waals surface area contributed by atoms with E-state index in [4.69, 9.17) is 10.5 Å². The Balaban J connectivity index is 2.12. The molecule has 2 aromatic carbocycles. The first-order valence-electron chi connectivity index (χ1n) is 5.32. The first kappa shape index (κ1) is 11.9. The number of nitrogens with two attached hydrogens (primary N) is 1. The molecule has 0 aromatic heterocycles. The maximum Gasteiger partial charge on any atom is 0.248 e. The van der Waals surface area contributed by atoms with Crippen molar-refractivity contribution in [3.05, 3.63) is 59.7 Å². The van der Waals surface area contributed by atoms with E-state index in [1.807, 2.05) is 0 Å². The number of carbonyl (C=O) groups is 2. The summed E-state index contributed by atoms with van der Waals surface area (Å²) in [6.07, 6.45) is 0.769. The van der Waals surface area contributed by atoms with Crippen LogP contribution >= 0.6 is 0 Å². The van der Waals surface area contributed by atoms with Gasteiger partial charge in [-0.2, -0.15) is 0 Å². The van der Waals surface area contributed by atoms with E-state index in [0.29, 0.717) is 22.6 Å². The van der Waals surface area contributed by atoms with E-state index in [1.54, 1.807) is 48.5 Å². The van der Waals surface area contributed by atoms with Gasteiger partial charge in [-0.25, -0.2) is 0 Å². The maximum absolute atomic E-state index is 10.9. The third kappa shape index (κ3) is 2.74. The van der Waals surface area contributed by atoms with Gasteiger partial charge in [0, 0.05) is 11.1 Å². The summed E-state index contributed by atoms with van der Waals surface area (Å²) in [6.45, 7) is 0. The molecule has 0 aliphatic heterocycles. The fourth-order valence-electron chi connectivity index (χ4n) is 1.44. The summed E-state index contributed by atoms with van der Waals surface area (Å²) in [6, 6.07) is 13.2. The van der Waals surface area contributed by atoms with Crippen LogP contribution in [0.5, 0.6) is 11.5 Å². The second kappa shape index (κ2) is 5.14. The molecule has 0 saturated heterocycles. The van der Waals surface area contributed by atoms with Gasteiger partial charge in [0.15, 0.2) is 0 Å². The lowest BCUT2D eigenvalue weighted by Gasteiger charge is -2.05. The molecule has 0 aliphatic rings. The zero-order valence-electron chi connectivity index (χ0n) is 9.50. The summed E-state index contributed by atoms with van der Waals surface area (Å²) in [4.78, 5) is 21.4. The van der Waals surface area contributed by atoms with E-state index in [9.17, 15) is 9.59 Å². The Hall–Kier alpha value is -2.62. The Labute approximate surface area is 104 Å². The number of ether oxygens (including phenoxy) is 1. The van der Waals surface area contributed by atoms with Crippen molar-refractivity contribution < 1.29 is 14.3 Å². The Morgan fingerprint density at radius 3 is 1.89 bits per heavy atom. The van der Waals surface area contributed by atoms with Crippen LogP contribution in [0.15, 0.2) is 48.5 Å². The molecule has 4 heteroatoms. The molecule has 0 radical (unpaired) electrons. The Kier molecular flexibility index (Phi) is 3.38. The van der Waals surface area contributed by atoms with Gasteiger partial charge in [0.05, 0.1) is 0 Å². The van der Waals surface area contributed by atoms with Crippen LogP contribution in [0.4, 0.5) is 0 Å². The van der Waals surface area contributed by atoms with Gasteiger partial charge in [0.2, 0.25) is 5.91 Å². The molecule has 0 bridgehead atoms. The molecule has 18 heavy (non-hydrogen) atoms. The molecule has 0 unspecified atom stereocenters. The van der Waals surface area contributed by atoms with Gasteiger partial charge in [-0.3, -0.25) is 9.59 Å². The number of aldehydes is 1. The molecule has 0 saturated carbocycles. The molecule has 4 nitrogen and oxygen atoms in total. The van der Waals surface area contributed by atoms with E-state index in [0.717, 1.165) is 6.29 Å². The van der Waals surface area contributed by atoms with E-state index in [2.05, 4.69) is 0 Å². The first-order valence-corrected chi connectivity index (χ1v) is 5.32. The molecule has 0 aliphatic carbocycles. The van der Waals surface area contributed by atoms with Crippen molar-refractivity contribution in [3.63, 3.8) is 0 Å². The van der Waals surface area contributed by atoms with Gasteiger partial charge in [0.1, 0.15) is 17.8 Å². The third-order valence-corrected chi connectivity index (χ3v) is 2.39. The van der Waals surface area contributed by atoms with Crippen LogP contribution in [0.3, 0.4) is 0 Å². The Morgan fingerprint density at radius 2 is 1.44 bits per heavy atom. The number of amides is 1. The van der Waals surface area contributed by atoms with Crippen LogP contribution in [-0.4, -0.2) is 12.2 Å². The van der Waals surface area contributed by atoms with Crippen LogP contribution < -0.4 is 10.5 Å². The molecular formula is C14H11NO3. The standard InChI is InChI=1S/C14H11NO3/c15-14(17)11-3-7-13(8-4-11)18-12-5-1-10(9-16)2-6-12/h1-9H,(H2,15,17). The molecule has 2 N–H and O–H groups in total. The molecule has 90 valence electrons. The van der Waals surface area contributed by atoms with Crippen LogP contribution in [0.1, 0.15) is 20.7 Å². The second-order valence-electron chi connectivity index (χ2n) is 3.68. The highest BCUT2D eigenvalue weighted by Gasteiger charge is 2.01. The predicted molar refractivity (Wildman–Crippen MR) is 66.9 cm³/mol. The summed E-state index contributed by atoms with van der Waals surface area (Å²) >= 11 is 0. The minimum Gasteiger partial charge on any atom is -0.457 e. The zero-order chi connectivity index (χ0) is 13.0. The van der Waals surface area contributed by atoms with Crippen molar-refractivity contribution in [1.29, 1.82) is 0 Å². The van der Waals surface area contributed by atoms with Crippen molar-refractivity contribution in [1.82, 2.24) is 0 Å². The normalized spacial score (nSPS) is 9.78. The fraction of sp³-hybridized carbons (Fsp3) is 0. The van der Waals surface area contributed by atoms with Crippen LogP contribution in [0.2, 0.25) is 0 Å². The van der Waals surface area contributed by atoms with Gasteiger partial charge >= 0.3 is 0 Å². The average Bonchev–Trinajstić information content (AvgIpc) is 2.40. The number of rotatable bonds is 4. The summed E-state index contributed by atoms with van der Waals surface area (Å²) < 4.78 is 5.54. The Bertz CT molecular complexity index is 559. The number of hydrogen-bond acceptors (Lipinski definition) is 3. The highest BCUT2D eigenvalue weighted by molar-refractivity contribution is 5.92. The van der Waals surface area contributed by atoms with Crippen molar-refractivity contribution in [2.75, 3.05) is 0 Å². The van der Waals surface area contributed by atoms with Gasteiger partial charge in [-0.15, -0.1) is 0 Å². The van der Waals surface area contributed by atoms with Crippen LogP contribution in [0, 0.1) is 0 Å². The number of primary amides is 1. The topological polar surface area (TPSA) is 69.4 Å². The minimum atomic E-state index is -0.475. The highest BCUT2D eigenvalue weighted by atomic mass is 16.5. The first-order chi connectivity index (χ1) is 8.69. The molecule has 0 fully saturated rings. The minimum absolute atomic E-state index is 0.429. The number of benzene rings is 2. The lowest BCUT2D eigenvalue weighted by molar-refractivity contribution is 0.1000. The lowest BCUT2D eigenvalue weighted by Crippen LogP contribution is -2.10. The average molecular weight is 241 g/mol. The molecule has 2 aromatic rings. The van der Waals surface area contributed by atoms with E-state index < -0.39 is 5.91 Å². The molecule has 0 spiro atoms. The largest absolute Gasteiger partial charge is 0.457 e. The molecule has 1 amide bonds. The van der Waals surface area contributed by atoms with E-state index in [1.165, 1.54) is 0 Å². The lowest BCUT2D eigenvalue weighted by atomic mass is 10.2. The van der Waals surface area contributed by atoms with Crippen molar-refractivity contribution in [2.24, 2.45) is 5.73 Å². The van der Waals surface area contributed by atoms with Gasteiger partial charge in [0.25, 0.3) is 0 Å². The number of carbonyl (C=O) groups excluding carboxylic acids is 2. The molecule has 0 heterocycles. The smallest absolute Gasteiger partial charge is 0.248 e. The van der Waals surface area contributed by atoms with Crippen LogP contribution in [0.25, 0.3) is 0 Å². The summed E-state index contributed by atoms with van der Waals surface area (Å²) in [5, 5.41) is 0. The predicted octanol–water partition coefficient (Wildman–Crippen LogP) is 2.39. The van der Waals surface area contributed by atoms with Gasteiger partial charge in [-0.05, 0) is 48.5 Å². The molecule has 2 rings (SSSR count).